The van der Waals surface area contributed by atoms with Crippen molar-refractivity contribution >= 4 is 22.5 Å². The van der Waals surface area contributed by atoms with Crippen LogP contribution < -0.4 is 5.32 Å². The maximum absolute atomic E-state index is 13.4. The predicted octanol–water partition coefficient (Wildman–Crippen LogP) is 5.93. The van der Waals surface area contributed by atoms with E-state index in [1.165, 1.54) is 55.8 Å². The van der Waals surface area contributed by atoms with Crippen molar-refractivity contribution in [2.24, 2.45) is 0 Å². The van der Waals surface area contributed by atoms with Crippen LogP contribution in [0, 0.1) is 0 Å². The minimum atomic E-state index is -4.61. The summed E-state index contributed by atoms with van der Waals surface area (Å²) in [6.45, 7) is 0.0260. The Hall–Kier alpha value is -3.73. The molecule has 0 fully saturated rings. The van der Waals surface area contributed by atoms with Gasteiger partial charge in [-0.3, -0.25) is 4.98 Å². The Balaban J connectivity index is 1.79. The number of nitrogens with zero attached hydrogens (tertiary/aromatic N) is 4. The average molecular weight is 461 g/mol. The third-order valence-corrected chi connectivity index (χ3v) is 4.66. The summed E-state index contributed by atoms with van der Waals surface area (Å²) in [5, 5.41) is 3.44. The second-order valence-corrected chi connectivity index (χ2v) is 6.93. The fraction of sp³-hybridized carbons (Fsp3) is 0.182. The van der Waals surface area contributed by atoms with E-state index >= 15 is 0 Å². The summed E-state index contributed by atoms with van der Waals surface area (Å²) >= 11 is 0. The van der Waals surface area contributed by atoms with Crippen LogP contribution in [0.1, 0.15) is 23.4 Å². The molecule has 6 nitrogen and oxygen atoms in total. The van der Waals surface area contributed by atoms with Gasteiger partial charge in [0, 0.05) is 24.6 Å². The van der Waals surface area contributed by atoms with E-state index in [0.29, 0.717) is 16.9 Å². The number of alkyl halides is 5. The molecular weight excluding hydrogens is 445 g/mol. The van der Waals surface area contributed by atoms with Gasteiger partial charge in [-0.25, -0.2) is 23.7 Å². The van der Waals surface area contributed by atoms with Crippen molar-refractivity contribution in [2.45, 2.75) is 19.2 Å². The standard InChI is InChI=1S/C22H16F5N5O/c1-33-11-17-31-20(29-13-6-4-12(5-7-13)19(23)24)14-8-9-16(30-21(14)32-17)18-15(22(25,26)27)3-2-10-28-18/h2-10,19H,11H2,1H3,(H,29,30,31,32). The molecule has 0 aliphatic rings. The molecule has 1 N–H and O–H groups in total. The van der Waals surface area contributed by atoms with Crippen LogP contribution in [-0.2, 0) is 17.5 Å². The number of halogens is 5. The lowest BCUT2D eigenvalue weighted by molar-refractivity contribution is -0.137. The molecular formula is C22H16F5N5O. The van der Waals surface area contributed by atoms with E-state index in [4.69, 9.17) is 4.74 Å². The first-order valence-electron chi connectivity index (χ1n) is 9.60. The lowest BCUT2D eigenvalue weighted by Crippen LogP contribution is -2.09. The van der Waals surface area contributed by atoms with Gasteiger partial charge in [0.2, 0.25) is 0 Å². The van der Waals surface area contributed by atoms with Crippen LogP contribution >= 0.6 is 0 Å². The third kappa shape index (κ3) is 4.87. The van der Waals surface area contributed by atoms with E-state index < -0.39 is 18.2 Å². The fourth-order valence-electron chi connectivity index (χ4n) is 3.16. The van der Waals surface area contributed by atoms with Crippen molar-refractivity contribution in [3.05, 3.63) is 71.7 Å². The van der Waals surface area contributed by atoms with E-state index in [9.17, 15) is 22.0 Å². The van der Waals surface area contributed by atoms with E-state index in [2.05, 4.69) is 25.3 Å². The molecule has 3 heterocycles. The van der Waals surface area contributed by atoms with E-state index in [-0.39, 0.29) is 35.0 Å². The smallest absolute Gasteiger partial charge is 0.377 e. The van der Waals surface area contributed by atoms with Crippen LogP contribution in [0.25, 0.3) is 22.4 Å². The molecule has 0 amide bonds. The Morgan fingerprint density at radius 2 is 1.73 bits per heavy atom. The van der Waals surface area contributed by atoms with Gasteiger partial charge in [0.1, 0.15) is 18.1 Å². The minimum absolute atomic E-state index is 0.00951. The van der Waals surface area contributed by atoms with Gasteiger partial charge >= 0.3 is 6.18 Å². The molecule has 0 saturated heterocycles. The number of hydrogen-bond acceptors (Lipinski definition) is 6. The molecule has 3 aromatic heterocycles. The quantitative estimate of drug-likeness (QED) is 0.359. The molecule has 0 spiro atoms. The monoisotopic (exact) mass is 461 g/mol. The molecule has 4 rings (SSSR count). The minimum Gasteiger partial charge on any atom is -0.377 e. The molecule has 170 valence electrons. The molecule has 11 heteroatoms. The van der Waals surface area contributed by atoms with Gasteiger partial charge in [-0.05, 0) is 36.4 Å². The molecule has 0 aliphatic carbocycles. The highest BCUT2D eigenvalue weighted by Crippen LogP contribution is 2.36. The topological polar surface area (TPSA) is 72.8 Å². The Bertz CT molecular complexity index is 1280. The highest BCUT2D eigenvalue weighted by Gasteiger charge is 2.34. The summed E-state index contributed by atoms with van der Waals surface area (Å²) in [7, 11) is 1.44. The van der Waals surface area contributed by atoms with Crippen LogP contribution in [-0.4, -0.2) is 27.0 Å². The van der Waals surface area contributed by atoms with Gasteiger partial charge in [0.15, 0.2) is 11.5 Å². The highest BCUT2D eigenvalue weighted by atomic mass is 19.4. The number of ether oxygens (including phenoxy) is 1. The largest absolute Gasteiger partial charge is 0.418 e. The summed E-state index contributed by atoms with van der Waals surface area (Å²) in [6, 6.07) is 10.6. The molecule has 1 aromatic carbocycles. The first-order chi connectivity index (χ1) is 15.8. The molecule has 0 saturated carbocycles. The summed E-state index contributed by atoms with van der Waals surface area (Å²) < 4.78 is 71.0. The number of fused-ring (bicyclic) bond motifs is 1. The fourth-order valence-corrected chi connectivity index (χ4v) is 3.16. The summed E-state index contributed by atoms with van der Waals surface area (Å²) in [5.41, 5.74) is -0.771. The van der Waals surface area contributed by atoms with Crippen LogP contribution in [0.15, 0.2) is 54.7 Å². The van der Waals surface area contributed by atoms with Crippen molar-refractivity contribution in [3.63, 3.8) is 0 Å². The summed E-state index contributed by atoms with van der Waals surface area (Å²) in [4.78, 5) is 16.8. The number of nitrogens with one attached hydrogen (secondary N) is 1. The number of pyridine rings is 2. The first kappa shape index (κ1) is 22.5. The van der Waals surface area contributed by atoms with E-state index in [1.807, 2.05) is 0 Å². The third-order valence-electron chi connectivity index (χ3n) is 4.66. The van der Waals surface area contributed by atoms with Crippen molar-refractivity contribution in [1.29, 1.82) is 0 Å². The normalized spacial score (nSPS) is 11.8. The zero-order valence-corrected chi connectivity index (χ0v) is 17.1. The number of aromatic nitrogens is 4. The number of anilines is 2. The Labute approximate surface area is 184 Å². The Morgan fingerprint density at radius 1 is 0.970 bits per heavy atom. The summed E-state index contributed by atoms with van der Waals surface area (Å²) in [6.07, 6.45) is -5.95. The highest BCUT2D eigenvalue weighted by molar-refractivity contribution is 5.90. The average Bonchev–Trinajstić information content (AvgIpc) is 2.79. The first-order valence-corrected chi connectivity index (χ1v) is 9.60. The summed E-state index contributed by atoms with van der Waals surface area (Å²) in [5.74, 6) is 0.534. The zero-order chi connectivity index (χ0) is 23.6. The van der Waals surface area contributed by atoms with E-state index in [0.717, 1.165) is 6.07 Å². The molecule has 0 unspecified atom stereocenters. The maximum Gasteiger partial charge on any atom is 0.418 e. The maximum atomic E-state index is 13.4. The molecule has 0 aliphatic heterocycles. The van der Waals surface area contributed by atoms with E-state index in [1.54, 1.807) is 0 Å². The number of benzene rings is 1. The SMILES string of the molecule is COCc1nc(Nc2ccc(C(F)F)cc2)c2ccc(-c3ncccc3C(F)(F)F)nc2n1. The molecule has 0 radical (unpaired) electrons. The lowest BCUT2D eigenvalue weighted by Gasteiger charge is -2.13. The van der Waals surface area contributed by atoms with Crippen LogP contribution in [0.4, 0.5) is 33.5 Å². The van der Waals surface area contributed by atoms with Crippen LogP contribution in [0.2, 0.25) is 0 Å². The van der Waals surface area contributed by atoms with Gasteiger partial charge in [-0.1, -0.05) is 12.1 Å². The van der Waals surface area contributed by atoms with Gasteiger partial charge in [0.25, 0.3) is 6.43 Å². The van der Waals surface area contributed by atoms with Crippen LogP contribution in [0.3, 0.4) is 0 Å². The van der Waals surface area contributed by atoms with Crippen molar-refractivity contribution in [1.82, 2.24) is 19.9 Å². The second kappa shape index (κ2) is 9.02. The molecule has 0 bridgehead atoms. The van der Waals surface area contributed by atoms with Gasteiger partial charge in [-0.15, -0.1) is 0 Å². The van der Waals surface area contributed by atoms with Gasteiger partial charge < -0.3 is 10.1 Å². The predicted molar refractivity (Wildman–Crippen MR) is 111 cm³/mol. The number of methoxy groups -OCH3 is 1. The Morgan fingerprint density at radius 3 is 2.39 bits per heavy atom. The van der Waals surface area contributed by atoms with Crippen molar-refractivity contribution in [2.75, 3.05) is 12.4 Å². The van der Waals surface area contributed by atoms with Crippen molar-refractivity contribution < 1.29 is 26.7 Å². The van der Waals surface area contributed by atoms with Gasteiger partial charge in [-0.2, -0.15) is 13.2 Å². The molecule has 4 aromatic rings. The second-order valence-electron chi connectivity index (χ2n) is 6.93. The Kier molecular flexibility index (Phi) is 6.14. The number of rotatable bonds is 6. The number of hydrogen-bond donors (Lipinski definition) is 1. The zero-order valence-electron chi connectivity index (χ0n) is 17.1. The molecule has 33 heavy (non-hydrogen) atoms. The van der Waals surface area contributed by atoms with Crippen molar-refractivity contribution in [3.8, 4) is 11.4 Å². The lowest BCUT2D eigenvalue weighted by atomic mass is 10.1. The molecule has 0 atom stereocenters. The van der Waals surface area contributed by atoms with Crippen LogP contribution in [0.5, 0.6) is 0 Å². The van der Waals surface area contributed by atoms with Gasteiger partial charge in [0.05, 0.1) is 16.6 Å².